The summed E-state index contributed by atoms with van der Waals surface area (Å²) in [5.74, 6) is -0.563. The molecule has 0 amide bonds. The van der Waals surface area contributed by atoms with Gasteiger partial charge in [-0.1, -0.05) is 47.7 Å². The molecule has 5 aromatic rings. The van der Waals surface area contributed by atoms with Gasteiger partial charge in [-0.3, -0.25) is 4.98 Å². The number of hydrogen-bond donors (Lipinski definition) is 2. The fourth-order valence-electron chi connectivity index (χ4n) is 5.20. The van der Waals surface area contributed by atoms with Crippen LogP contribution in [0.2, 0.25) is 0 Å². The Morgan fingerprint density at radius 1 is 0.953 bits per heavy atom. The van der Waals surface area contributed by atoms with Gasteiger partial charge in [0.25, 0.3) is 0 Å². The molecule has 6 rings (SSSR count). The molecular weight excluding hydrogens is 541 g/mol. The van der Waals surface area contributed by atoms with Crippen LogP contribution in [0.5, 0.6) is 0 Å². The normalized spacial score (nSPS) is 13.8. The molecule has 0 bridgehead atoms. The highest BCUT2D eigenvalue weighted by molar-refractivity contribution is 5.96. The van der Waals surface area contributed by atoms with Crippen LogP contribution >= 0.6 is 0 Å². The van der Waals surface area contributed by atoms with Crippen LogP contribution in [0.15, 0.2) is 79.1 Å². The highest BCUT2D eigenvalue weighted by Crippen LogP contribution is 2.37. The van der Waals surface area contributed by atoms with Crippen molar-refractivity contribution < 1.29 is 4.39 Å². The molecule has 2 unspecified atom stereocenters. The van der Waals surface area contributed by atoms with Crippen LogP contribution in [-0.4, -0.2) is 20.0 Å². The van der Waals surface area contributed by atoms with Gasteiger partial charge < -0.3 is 10.6 Å². The smallest absolute Gasteiger partial charge is 0.151 e. The average molecular weight is 568 g/mol. The van der Waals surface area contributed by atoms with E-state index in [2.05, 4.69) is 44.1 Å². The van der Waals surface area contributed by atoms with Gasteiger partial charge in [0.05, 0.1) is 53.3 Å². The lowest BCUT2D eigenvalue weighted by molar-refractivity contribution is 0.610. The van der Waals surface area contributed by atoms with Crippen molar-refractivity contribution in [2.75, 3.05) is 10.6 Å². The first-order chi connectivity index (χ1) is 21.1. The van der Waals surface area contributed by atoms with Crippen LogP contribution in [0.25, 0.3) is 10.9 Å². The molecule has 0 radical (unpaired) electrons. The van der Waals surface area contributed by atoms with Crippen molar-refractivity contribution in [3.63, 3.8) is 0 Å². The van der Waals surface area contributed by atoms with Crippen LogP contribution in [0.3, 0.4) is 0 Å². The molecule has 0 saturated heterocycles. The Morgan fingerprint density at radius 2 is 1.77 bits per heavy atom. The number of rotatable bonds is 10. The van der Waals surface area contributed by atoms with E-state index in [1.165, 1.54) is 12.3 Å². The van der Waals surface area contributed by atoms with Crippen LogP contribution < -0.4 is 10.6 Å². The molecule has 1 aliphatic rings. The Hall–Kier alpha value is -5.79. The topological polar surface area (TPSA) is 139 Å². The SMILES string of the molecule is N#CCCC(Nc1c(C#N)cnc2c(F)cc(NC(c3cccc(C#N)c3)c3cn(C4CC4)nn3)cc12)c1ccccc1. The lowest BCUT2D eigenvalue weighted by Crippen LogP contribution is -2.14. The van der Waals surface area contributed by atoms with Crippen molar-refractivity contribution in [2.24, 2.45) is 0 Å². The van der Waals surface area contributed by atoms with E-state index >= 15 is 4.39 Å². The molecule has 9 nitrogen and oxygen atoms in total. The summed E-state index contributed by atoms with van der Waals surface area (Å²) >= 11 is 0. The minimum atomic E-state index is -0.563. The van der Waals surface area contributed by atoms with E-state index in [1.54, 1.807) is 24.3 Å². The molecule has 2 aromatic heterocycles. The summed E-state index contributed by atoms with van der Waals surface area (Å²) in [4.78, 5) is 4.26. The van der Waals surface area contributed by atoms with Gasteiger partial charge >= 0.3 is 0 Å². The lowest BCUT2D eigenvalue weighted by Gasteiger charge is -2.23. The second kappa shape index (κ2) is 12.0. The van der Waals surface area contributed by atoms with Crippen LogP contribution in [0.1, 0.15) is 71.8 Å². The molecule has 1 aliphatic carbocycles. The van der Waals surface area contributed by atoms with E-state index in [0.717, 1.165) is 24.0 Å². The van der Waals surface area contributed by atoms with Gasteiger partial charge in [0.2, 0.25) is 0 Å². The van der Waals surface area contributed by atoms with Gasteiger partial charge in [0.15, 0.2) is 5.82 Å². The summed E-state index contributed by atoms with van der Waals surface area (Å²) in [6, 6.07) is 26.0. The number of fused-ring (bicyclic) bond motifs is 1. The Bertz CT molecular complexity index is 1910. The molecular formula is C33H26FN9. The highest BCUT2D eigenvalue weighted by atomic mass is 19.1. The number of pyridine rings is 1. The van der Waals surface area contributed by atoms with Crippen molar-refractivity contribution in [1.29, 1.82) is 15.8 Å². The zero-order chi connectivity index (χ0) is 29.8. The summed E-state index contributed by atoms with van der Waals surface area (Å²) in [6.07, 6.45) is 6.12. The summed E-state index contributed by atoms with van der Waals surface area (Å²) < 4.78 is 17.5. The van der Waals surface area contributed by atoms with Gasteiger partial charge in [0, 0.05) is 23.7 Å². The fraction of sp³-hybridized carbons (Fsp3) is 0.212. The van der Waals surface area contributed by atoms with E-state index in [-0.39, 0.29) is 17.1 Å². The second-order valence-corrected chi connectivity index (χ2v) is 10.5. The minimum Gasteiger partial charge on any atom is -0.377 e. The maximum atomic E-state index is 15.7. The first-order valence-electron chi connectivity index (χ1n) is 14.0. The van der Waals surface area contributed by atoms with Crippen molar-refractivity contribution >= 4 is 22.3 Å². The molecule has 3 aromatic carbocycles. The first kappa shape index (κ1) is 27.4. The molecule has 0 spiro atoms. The maximum Gasteiger partial charge on any atom is 0.151 e. The zero-order valence-electron chi connectivity index (χ0n) is 23.1. The number of hydrogen-bond acceptors (Lipinski definition) is 8. The van der Waals surface area contributed by atoms with Crippen LogP contribution in [-0.2, 0) is 0 Å². The number of nitriles is 3. The standard InChI is InChI=1S/C33H26FN9/c34-28-16-25(39-32(23-9-4-6-21(14-23)17-36)30-20-43(42-41-30)26-11-12-26)15-27-31(24(18-37)19-38-33(27)28)40-29(10-5-13-35)22-7-2-1-3-8-22/h1-4,6-9,14-16,19-20,26,29,32,39H,5,10-12H2,(H,38,40). The number of benzene rings is 3. The fourth-order valence-corrected chi connectivity index (χ4v) is 5.20. The Morgan fingerprint density at radius 3 is 2.51 bits per heavy atom. The van der Waals surface area contributed by atoms with Crippen molar-refractivity contribution in [2.45, 2.75) is 43.8 Å². The number of nitrogens with one attached hydrogen (secondary N) is 2. The molecule has 43 heavy (non-hydrogen) atoms. The number of halogens is 1. The van der Waals surface area contributed by atoms with Crippen molar-refractivity contribution in [3.05, 3.63) is 113 Å². The number of anilines is 2. The van der Waals surface area contributed by atoms with E-state index in [1.807, 2.05) is 47.3 Å². The molecule has 210 valence electrons. The van der Waals surface area contributed by atoms with E-state index in [0.29, 0.717) is 46.9 Å². The molecule has 2 N–H and O–H groups in total. The summed E-state index contributed by atoms with van der Waals surface area (Å²) in [5.41, 5.74) is 4.07. The van der Waals surface area contributed by atoms with Gasteiger partial charge in [-0.2, -0.15) is 15.8 Å². The van der Waals surface area contributed by atoms with E-state index in [9.17, 15) is 15.8 Å². The Labute approximate surface area is 247 Å². The van der Waals surface area contributed by atoms with Gasteiger partial charge in [-0.05, 0) is 54.7 Å². The van der Waals surface area contributed by atoms with Crippen LogP contribution in [0.4, 0.5) is 15.8 Å². The molecule has 2 heterocycles. The third-order valence-electron chi connectivity index (χ3n) is 7.52. The molecule has 10 heteroatoms. The van der Waals surface area contributed by atoms with Gasteiger partial charge in [-0.15, -0.1) is 5.10 Å². The zero-order valence-corrected chi connectivity index (χ0v) is 23.1. The second-order valence-electron chi connectivity index (χ2n) is 10.5. The van der Waals surface area contributed by atoms with Crippen LogP contribution in [0, 0.1) is 39.8 Å². The largest absolute Gasteiger partial charge is 0.377 e. The maximum absolute atomic E-state index is 15.7. The Balaban J connectivity index is 1.43. The number of nitrogens with zero attached hydrogens (tertiary/aromatic N) is 7. The lowest BCUT2D eigenvalue weighted by atomic mass is 9.99. The van der Waals surface area contributed by atoms with Crippen molar-refractivity contribution in [1.82, 2.24) is 20.0 Å². The quantitative estimate of drug-likeness (QED) is 0.190. The average Bonchev–Trinajstić information content (AvgIpc) is 3.78. The third kappa shape index (κ3) is 5.84. The highest BCUT2D eigenvalue weighted by Gasteiger charge is 2.27. The summed E-state index contributed by atoms with van der Waals surface area (Å²) in [6.45, 7) is 0. The predicted octanol–water partition coefficient (Wildman–Crippen LogP) is 6.70. The van der Waals surface area contributed by atoms with Gasteiger partial charge in [0.1, 0.15) is 17.3 Å². The third-order valence-corrected chi connectivity index (χ3v) is 7.52. The Kier molecular flexibility index (Phi) is 7.63. The molecule has 2 atom stereocenters. The van der Waals surface area contributed by atoms with E-state index in [4.69, 9.17) is 0 Å². The molecule has 1 fully saturated rings. The van der Waals surface area contributed by atoms with Gasteiger partial charge in [-0.25, -0.2) is 9.07 Å². The minimum absolute atomic E-state index is 0.113. The summed E-state index contributed by atoms with van der Waals surface area (Å²) in [5, 5.41) is 44.8. The number of aromatic nitrogens is 4. The van der Waals surface area contributed by atoms with E-state index < -0.39 is 11.9 Å². The first-order valence-corrected chi connectivity index (χ1v) is 14.0. The predicted molar refractivity (Wildman–Crippen MR) is 159 cm³/mol. The monoisotopic (exact) mass is 567 g/mol. The van der Waals surface area contributed by atoms with Crippen molar-refractivity contribution in [3.8, 4) is 18.2 Å². The summed E-state index contributed by atoms with van der Waals surface area (Å²) in [7, 11) is 0. The molecule has 0 aliphatic heterocycles. The molecule has 1 saturated carbocycles.